The van der Waals surface area contributed by atoms with Crippen molar-refractivity contribution < 1.29 is 19.1 Å². The van der Waals surface area contributed by atoms with Gasteiger partial charge in [-0.2, -0.15) is 0 Å². The molecule has 0 bridgehead atoms. The number of thiazole rings is 1. The van der Waals surface area contributed by atoms with Crippen molar-refractivity contribution in [3.05, 3.63) is 100 Å². The van der Waals surface area contributed by atoms with Crippen molar-refractivity contribution in [2.45, 2.75) is 45.6 Å². The SMILES string of the molecule is CCc1ccc2nc(N3C(=O)C(=O)/C(=C(/O)c4ccc(F)cc4)[C@H]3c3ccc(C(C)(C)C)cc3)sc2c1. The third-order valence-electron chi connectivity index (χ3n) is 6.71. The van der Waals surface area contributed by atoms with E-state index in [1.165, 1.54) is 40.5 Å². The molecule has 1 N–H and O–H groups in total. The van der Waals surface area contributed by atoms with E-state index in [1.807, 2.05) is 42.5 Å². The number of aromatic nitrogens is 1. The smallest absolute Gasteiger partial charge is 0.301 e. The highest BCUT2D eigenvalue weighted by Crippen LogP contribution is 2.44. The zero-order valence-corrected chi connectivity index (χ0v) is 21.9. The van der Waals surface area contributed by atoms with Crippen molar-refractivity contribution in [1.82, 2.24) is 4.98 Å². The van der Waals surface area contributed by atoms with E-state index >= 15 is 0 Å². The number of fused-ring (bicyclic) bond motifs is 1. The molecule has 37 heavy (non-hydrogen) atoms. The van der Waals surface area contributed by atoms with Crippen molar-refractivity contribution in [3.63, 3.8) is 0 Å². The Balaban J connectivity index is 1.70. The quantitative estimate of drug-likeness (QED) is 0.182. The van der Waals surface area contributed by atoms with Crippen LogP contribution in [0.3, 0.4) is 0 Å². The van der Waals surface area contributed by atoms with Gasteiger partial charge < -0.3 is 5.11 Å². The highest BCUT2D eigenvalue weighted by atomic mass is 32.1. The first-order chi connectivity index (χ1) is 17.6. The standard InChI is InChI=1S/C30H27FN2O3S/c1-5-17-6-15-22-23(16-17)37-29(32-22)33-25(18-7-11-20(12-8-18)30(2,3)4)24(27(35)28(33)36)26(34)19-9-13-21(31)14-10-19/h6-16,25,34H,5H2,1-4H3/b26-24+/t25-/m1/s1. The highest BCUT2D eigenvalue weighted by Gasteiger charge is 2.48. The number of aliphatic hydroxyl groups excluding tert-OH is 1. The maximum absolute atomic E-state index is 13.5. The van der Waals surface area contributed by atoms with Gasteiger partial charge in [0, 0.05) is 5.56 Å². The number of carbonyl (C=O) groups excluding carboxylic acids is 2. The van der Waals surface area contributed by atoms with Gasteiger partial charge in [0.05, 0.1) is 21.8 Å². The molecule has 1 atom stereocenters. The van der Waals surface area contributed by atoms with Gasteiger partial charge >= 0.3 is 5.91 Å². The third kappa shape index (κ3) is 4.44. The number of aliphatic hydroxyl groups is 1. The van der Waals surface area contributed by atoms with E-state index in [-0.39, 0.29) is 22.3 Å². The van der Waals surface area contributed by atoms with Crippen LogP contribution in [-0.2, 0) is 21.4 Å². The Labute approximate surface area is 218 Å². The Bertz CT molecular complexity index is 1550. The molecule has 5 nitrogen and oxygen atoms in total. The second kappa shape index (κ2) is 9.23. The average Bonchev–Trinajstić information content (AvgIpc) is 3.41. The van der Waals surface area contributed by atoms with Crippen LogP contribution >= 0.6 is 11.3 Å². The lowest BCUT2D eigenvalue weighted by atomic mass is 9.85. The predicted molar refractivity (Wildman–Crippen MR) is 145 cm³/mol. The van der Waals surface area contributed by atoms with Gasteiger partial charge in [0.2, 0.25) is 0 Å². The third-order valence-corrected chi connectivity index (χ3v) is 7.73. The van der Waals surface area contributed by atoms with Gasteiger partial charge in [-0.1, -0.05) is 69.4 Å². The summed E-state index contributed by atoms with van der Waals surface area (Å²) >= 11 is 1.34. The molecule has 4 aromatic rings. The molecule has 1 aromatic heterocycles. The summed E-state index contributed by atoms with van der Waals surface area (Å²) in [6.45, 7) is 8.38. The van der Waals surface area contributed by atoms with Crippen LogP contribution in [0.5, 0.6) is 0 Å². The second-order valence-electron chi connectivity index (χ2n) is 10.2. The minimum atomic E-state index is -0.884. The lowest BCUT2D eigenvalue weighted by Crippen LogP contribution is -2.29. The zero-order chi connectivity index (χ0) is 26.5. The van der Waals surface area contributed by atoms with E-state index in [1.54, 1.807) is 0 Å². The number of ketones is 1. The number of halogens is 1. The Hall–Kier alpha value is -3.84. The molecular formula is C30H27FN2O3S. The summed E-state index contributed by atoms with van der Waals surface area (Å²) in [4.78, 5) is 32.9. The number of rotatable bonds is 4. The molecule has 0 saturated carbocycles. The van der Waals surface area contributed by atoms with Gasteiger partial charge in [-0.25, -0.2) is 9.37 Å². The number of anilines is 1. The summed E-state index contributed by atoms with van der Waals surface area (Å²) in [5.74, 6) is -2.38. The Morgan fingerprint density at radius 2 is 1.70 bits per heavy atom. The van der Waals surface area contributed by atoms with Gasteiger partial charge in [-0.15, -0.1) is 0 Å². The van der Waals surface area contributed by atoms with E-state index in [0.717, 1.165) is 27.8 Å². The molecule has 5 rings (SSSR count). The molecule has 1 aliphatic heterocycles. The first kappa shape index (κ1) is 24.8. The highest BCUT2D eigenvalue weighted by molar-refractivity contribution is 7.22. The summed E-state index contributed by atoms with van der Waals surface area (Å²) in [6.07, 6.45) is 0.867. The fourth-order valence-electron chi connectivity index (χ4n) is 4.55. The largest absolute Gasteiger partial charge is 0.507 e. The van der Waals surface area contributed by atoms with Crippen LogP contribution < -0.4 is 4.90 Å². The van der Waals surface area contributed by atoms with Crippen LogP contribution in [0.2, 0.25) is 0 Å². The molecule has 0 unspecified atom stereocenters. The Morgan fingerprint density at radius 1 is 1.03 bits per heavy atom. The predicted octanol–water partition coefficient (Wildman–Crippen LogP) is 6.92. The van der Waals surface area contributed by atoms with Crippen molar-refractivity contribution in [3.8, 4) is 0 Å². The molecule has 1 saturated heterocycles. The molecule has 1 fully saturated rings. The lowest BCUT2D eigenvalue weighted by molar-refractivity contribution is -0.132. The minimum absolute atomic E-state index is 0.0476. The lowest BCUT2D eigenvalue weighted by Gasteiger charge is -2.24. The number of carbonyl (C=O) groups is 2. The van der Waals surface area contributed by atoms with Gasteiger partial charge in [-0.05, 0) is 64.9 Å². The van der Waals surface area contributed by atoms with Gasteiger partial charge in [0.1, 0.15) is 11.6 Å². The average molecular weight is 515 g/mol. The molecule has 0 radical (unpaired) electrons. The topological polar surface area (TPSA) is 70.5 Å². The maximum Gasteiger partial charge on any atom is 0.301 e. The summed E-state index contributed by atoms with van der Waals surface area (Å²) in [5, 5.41) is 11.6. The maximum atomic E-state index is 13.5. The number of aryl methyl sites for hydroxylation is 1. The fraction of sp³-hybridized carbons (Fsp3) is 0.233. The summed E-state index contributed by atoms with van der Waals surface area (Å²) in [5.41, 5.74) is 3.78. The number of Topliss-reactive ketones (excluding diaryl/α,β-unsaturated/α-hetero) is 1. The summed E-state index contributed by atoms with van der Waals surface area (Å²) in [7, 11) is 0. The van der Waals surface area contributed by atoms with Crippen molar-refractivity contribution in [2.24, 2.45) is 0 Å². The molecule has 188 valence electrons. The van der Waals surface area contributed by atoms with Crippen molar-refractivity contribution in [1.29, 1.82) is 0 Å². The van der Waals surface area contributed by atoms with E-state index in [0.29, 0.717) is 10.7 Å². The molecule has 0 aliphatic carbocycles. The Kier molecular flexibility index (Phi) is 6.20. The number of amides is 1. The molecule has 7 heteroatoms. The summed E-state index contributed by atoms with van der Waals surface area (Å²) in [6, 6.07) is 18.0. The summed E-state index contributed by atoms with van der Waals surface area (Å²) < 4.78 is 14.5. The Morgan fingerprint density at radius 3 is 2.32 bits per heavy atom. The van der Waals surface area contributed by atoms with Crippen molar-refractivity contribution in [2.75, 3.05) is 4.90 Å². The zero-order valence-electron chi connectivity index (χ0n) is 21.1. The van der Waals surface area contributed by atoms with Crippen LogP contribution in [0.25, 0.3) is 16.0 Å². The van der Waals surface area contributed by atoms with E-state index < -0.39 is 23.5 Å². The molecule has 1 amide bonds. The van der Waals surface area contributed by atoms with Gasteiger partial charge in [-0.3, -0.25) is 14.5 Å². The van der Waals surface area contributed by atoms with E-state index in [4.69, 9.17) is 0 Å². The normalized spacial score (nSPS) is 17.6. The molecule has 0 spiro atoms. The van der Waals surface area contributed by atoms with Gasteiger partial charge in [0.25, 0.3) is 5.78 Å². The molecule has 1 aliphatic rings. The van der Waals surface area contributed by atoms with E-state index in [9.17, 15) is 19.1 Å². The number of hydrogen-bond donors (Lipinski definition) is 1. The minimum Gasteiger partial charge on any atom is -0.507 e. The molecule has 2 heterocycles. The second-order valence-corrected chi connectivity index (χ2v) is 11.2. The van der Waals surface area contributed by atoms with Crippen LogP contribution in [0.4, 0.5) is 9.52 Å². The van der Waals surface area contributed by atoms with Crippen LogP contribution in [0.15, 0.2) is 72.3 Å². The number of nitrogens with zero attached hydrogens (tertiary/aromatic N) is 2. The van der Waals surface area contributed by atoms with Crippen LogP contribution in [-0.4, -0.2) is 21.8 Å². The van der Waals surface area contributed by atoms with Gasteiger partial charge in [0.15, 0.2) is 5.13 Å². The van der Waals surface area contributed by atoms with Crippen molar-refractivity contribution >= 4 is 44.1 Å². The first-order valence-electron chi connectivity index (χ1n) is 12.2. The number of hydrogen-bond acceptors (Lipinski definition) is 5. The molecular weight excluding hydrogens is 487 g/mol. The number of benzene rings is 3. The van der Waals surface area contributed by atoms with Crippen LogP contribution in [0.1, 0.15) is 56.0 Å². The monoisotopic (exact) mass is 514 g/mol. The van der Waals surface area contributed by atoms with E-state index in [2.05, 4.69) is 32.7 Å². The fourth-order valence-corrected chi connectivity index (χ4v) is 5.61. The molecule has 3 aromatic carbocycles. The first-order valence-corrected chi connectivity index (χ1v) is 13.0. The van der Waals surface area contributed by atoms with Crippen LogP contribution in [0, 0.1) is 5.82 Å².